The van der Waals surface area contributed by atoms with Crippen LogP contribution in [0.2, 0.25) is 0 Å². The van der Waals surface area contributed by atoms with Gasteiger partial charge in [-0.1, -0.05) is 11.8 Å². The molecule has 0 aliphatic heterocycles. The molecule has 0 N–H and O–H groups in total. The Balaban J connectivity index is 2.15. The van der Waals surface area contributed by atoms with Crippen molar-refractivity contribution < 1.29 is 4.73 Å². The highest BCUT2D eigenvalue weighted by Crippen LogP contribution is 2.37. The minimum Gasteiger partial charge on any atom is -0.618 e. The number of aromatic nitrogens is 1. The average Bonchev–Trinajstić information content (AvgIpc) is 2.78. The molecule has 0 atom stereocenters. The molecule has 58 valence electrons. The Morgan fingerprint density at radius 2 is 2.27 bits per heavy atom. The molecule has 0 saturated heterocycles. The smallest absolute Gasteiger partial charge is 0.251 e. The maximum Gasteiger partial charge on any atom is 0.251 e. The van der Waals surface area contributed by atoms with Crippen LogP contribution in [-0.4, -0.2) is 5.25 Å². The van der Waals surface area contributed by atoms with Crippen LogP contribution in [0.15, 0.2) is 29.4 Å². The van der Waals surface area contributed by atoms with E-state index < -0.39 is 0 Å². The van der Waals surface area contributed by atoms with Gasteiger partial charge in [0, 0.05) is 17.4 Å². The molecule has 1 heterocycles. The van der Waals surface area contributed by atoms with Crippen LogP contribution in [0.1, 0.15) is 12.8 Å². The van der Waals surface area contributed by atoms with E-state index in [0.29, 0.717) is 5.25 Å². The lowest BCUT2D eigenvalue weighted by Gasteiger charge is -2.00. The summed E-state index contributed by atoms with van der Waals surface area (Å²) in [5.41, 5.74) is 0. The van der Waals surface area contributed by atoms with E-state index >= 15 is 0 Å². The molecule has 3 heteroatoms. The first kappa shape index (κ1) is 6.98. The summed E-state index contributed by atoms with van der Waals surface area (Å²) in [6.07, 6.45) is 4.07. The summed E-state index contributed by atoms with van der Waals surface area (Å²) in [6, 6.07) is 5.53. The summed E-state index contributed by atoms with van der Waals surface area (Å²) in [5.74, 6) is 0. The zero-order valence-corrected chi connectivity index (χ0v) is 6.88. The fourth-order valence-corrected chi connectivity index (χ4v) is 1.90. The van der Waals surface area contributed by atoms with Crippen molar-refractivity contribution in [2.24, 2.45) is 0 Å². The van der Waals surface area contributed by atoms with E-state index in [-0.39, 0.29) is 0 Å². The van der Waals surface area contributed by atoms with Gasteiger partial charge < -0.3 is 5.21 Å². The van der Waals surface area contributed by atoms with E-state index in [1.165, 1.54) is 12.8 Å². The van der Waals surface area contributed by atoms with Crippen molar-refractivity contribution in [3.05, 3.63) is 29.6 Å². The second kappa shape index (κ2) is 2.74. The minimum atomic E-state index is 0.706. The normalized spacial score (nSPS) is 16.7. The van der Waals surface area contributed by atoms with E-state index in [4.69, 9.17) is 0 Å². The Morgan fingerprint density at radius 1 is 1.45 bits per heavy atom. The highest BCUT2D eigenvalue weighted by Gasteiger charge is 2.25. The second-order valence-electron chi connectivity index (χ2n) is 2.68. The van der Waals surface area contributed by atoms with Gasteiger partial charge in [-0.25, -0.2) is 0 Å². The molecule has 0 aromatic carbocycles. The van der Waals surface area contributed by atoms with Gasteiger partial charge in [-0.15, -0.1) is 0 Å². The van der Waals surface area contributed by atoms with Gasteiger partial charge in [0.05, 0.1) is 0 Å². The fraction of sp³-hybridized carbons (Fsp3) is 0.375. The molecule has 1 aliphatic rings. The monoisotopic (exact) mass is 167 g/mol. The second-order valence-corrected chi connectivity index (χ2v) is 4.00. The number of hydrogen-bond donors (Lipinski definition) is 0. The molecule has 2 rings (SSSR count). The van der Waals surface area contributed by atoms with E-state index in [2.05, 4.69) is 0 Å². The highest BCUT2D eigenvalue weighted by molar-refractivity contribution is 8.00. The van der Waals surface area contributed by atoms with Crippen LogP contribution in [0.4, 0.5) is 0 Å². The van der Waals surface area contributed by atoms with Crippen LogP contribution in [0, 0.1) is 5.21 Å². The lowest BCUT2D eigenvalue weighted by atomic mass is 10.5. The van der Waals surface area contributed by atoms with Crippen LogP contribution in [-0.2, 0) is 0 Å². The first-order chi connectivity index (χ1) is 5.36. The topological polar surface area (TPSA) is 26.9 Å². The maximum atomic E-state index is 11.1. The van der Waals surface area contributed by atoms with Crippen LogP contribution >= 0.6 is 11.8 Å². The lowest BCUT2D eigenvalue weighted by Crippen LogP contribution is -2.27. The molecule has 0 unspecified atom stereocenters. The number of nitrogens with zero attached hydrogens (tertiary/aromatic N) is 1. The molecule has 0 spiro atoms. The molecule has 2 nitrogen and oxygen atoms in total. The summed E-state index contributed by atoms with van der Waals surface area (Å²) in [7, 11) is 0. The van der Waals surface area contributed by atoms with E-state index in [1.807, 2.05) is 12.1 Å². The van der Waals surface area contributed by atoms with Gasteiger partial charge >= 0.3 is 0 Å². The van der Waals surface area contributed by atoms with Gasteiger partial charge in [0.2, 0.25) is 0 Å². The third-order valence-corrected chi connectivity index (χ3v) is 2.96. The SMILES string of the molecule is [O-][n+]1ccccc1SC1CC1. The molecule has 0 bridgehead atoms. The van der Waals surface area contributed by atoms with Crippen LogP contribution in [0.25, 0.3) is 0 Å². The maximum absolute atomic E-state index is 11.1. The summed E-state index contributed by atoms with van der Waals surface area (Å²) < 4.78 is 0.934. The summed E-state index contributed by atoms with van der Waals surface area (Å²) >= 11 is 1.69. The van der Waals surface area contributed by atoms with Gasteiger partial charge in [0.25, 0.3) is 5.03 Å². The Morgan fingerprint density at radius 3 is 2.91 bits per heavy atom. The quantitative estimate of drug-likeness (QED) is 0.494. The van der Waals surface area contributed by atoms with Crippen molar-refractivity contribution in [2.45, 2.75) is 23.1 Å². The van der Waals surface area contributed by atoms with Gasteiger partial charge in [-0.2, -0.15) is 4.73 Å². The molecule has 1 aromatic rings. The van der Waals surface area contributed by atoms with E-state index in [9.17, 15) is 5.21 Å². The molecule has 1 saturated carbocycles. The summed E-state index contributed by atoms with van der Waals surface area (Å²) in [4.78, 5) is 0. The first-order valence-corrected chi connectivity index (χ1v) is 4.59. The van der Waals surface area contributed by atoms with Gasteiger partial charge in [0.1, 0.15) is 0 Å². The molecule has 0 amide bonds. The number of pyridine rings is 1. The minimum absolute atomic E-state index is 0.706. The van der Waals surface area contributed by atoms with Gasteiger partial charge in [0.15, 0.2) is 6.20 Å². The molecule has 0 radical (unpaired) electrons. The van der Waals surface area contributed by atoms with Crippen molar-refractivity contribution in [1.29, 1.82) is 0 Å². The molecule has 1 aliphatic carbocycles. The lowest BCUT2D eigenvalue weighted by molar-refractivity contribution is -0.645. The first-order valence-electron chi connectivity index (χ1n) is 3.71. The van der Waals surface area contributed by atoms with Crippen molar-refractivity contribution in [3.63, 3.8) is 0 Å². The number of thioether (sulfide) groups is 1. The third kappa shape index (κ3) is 1.66. The predicted octanol–water partition coefficient (Wildman–Crippen LogP) is 1.57. The zero-order chi connectivity index (χ0) is 7.68. The zero-order valence-electron chi connectivity index (χ0n) is 6.06. The number of rotatable bonds is 2. The third-order valence-electron chi connectivity index (χ3n) is 1.60. The highest BCUT2D eigenvalue weighted by atomic mass is 32.2. The predicted molar refractivity (Wildman–Crippen MR) is 44.3 cm³/mol. The number of hydrogen-bond acceptors (Lipinski definition) is 2. The standard InChI is InChI=1S/C8H9NOS/c10-9-6-2-1-3-8(9)11-7-4-5-7/h1-3,6-7H,4-5H2. The van der Waals surface area contributed by atoms with Crippen LogP contribution < -0.4 is 4.73 Å². The van der Waals surface area contributed by atoms with Gasteiger partial charge in [-0.05, 0) is 18.9 Å². The molecule has 11 heavy (non-hydrogen) atoms. The molecular formula is C8H9NOS. The summed E-state index contributed by atoms with van der Waals surface area (Å²) in [6.45, 7) is 0. The van der Waals surface area contributed by atoms with Crippen molar-refractivity contribution in [3.8, 4) is 0 Å². The van der Waals surface area contributed by atoms with Crippen molar-refractivity contribution in [1.82, 2.24) is 0 Å². The molecular weight excluding hydrogens is 158 g/mol. The van der Waals surface area contributed by atoms with Crippen molar-refractivity contribution >= 4 is 11.8 Å². The largest absolute Gasteiger partial charge is 0.618 e. The van der Waals surface area contributed by atoms with Crippen LogP contribution in [0.5, 0.6) is 0 Å². The van der Waals surface area contributed by atoms with Crippen LogP contribution in [0.3, 0.4) is 0 Å². The Labute approximate surface area is 69.8 Å². The Kier molecular flexibility index (Phi) is 1.74. The average molecular weight is 167 g/mol. The van der Waals surface area contributed by atoms with Gasteiger partial charge in [-0.3, -0.25) is 0 Å². The molecule has 1 aromatic heterocycles. The van der Waals surface area contributed by atoms with Crippen molar-refractivity contribution in [2.75, 3.05) is 0 Å². The fourth-order valence-electron chi connectivity index (χ4n) is 0.861. The Bertz CT molecular complexity index is 260. The summed E-state index contributed by atoms with van der Waals surface area (Å²) in [5, 5.41) is 12.6. The molecule has 1 fully saturated rings. The van der Waals surface area contributed by atoms with E-state index in [0.717, 1.165) is 9.76 Å². The Hall–Kier alpha value is -0.700. The van der Waals surface area contributed by atoms with E-state index in [1.54, 1.807) is 24.0 Å².